The van der Waals surface area contributed by atoms with Gasteiger partial charge in [0.2, 0.25) is 0 Å². The number of carboxylic acids is 1. The summed E-state index contributed by atoms with van der Waals surface area (Å²) in [7, 11) is 0. The lowest BCUT2D eigenvalue weighted by Gasteiger charge is -2.41. The molecule has 108 valence electrons. The Labute approximate surface area is 118 Å². The van der Waals surface area contributed by atoms with E-state index in [1.807, 2.05) is 4.90 Å². The standard InChI is InChI=1S/C13H22N2O3S/c1-13(2)3-5-14(6-4-13)12(18)15-7-8-19-9-10(15)11(16)17/h10H,3-9H2,1-2H3,(H,16,17). The zero-order chi connectivity index (χ0) is 14.0. The van der Waals surface area contributed by atoms with Crippen LogP contribution < -0.4 is 0 Å². The molecule has 2 rings (SSSR count). The average Bonchev–Trinajstić information content (AvgIpc) is 2.38. The molecule has 0 radical (unpaired) electrons. The molecule has 0 aromatic rings. The van der Waals surface area contributed by atoms with Crippen LogP contribution in [-0.4, -0.2) is 64.1 Å². The van der Waals surface area contributed by atoms with Gasteiger partial charge in [-0.15, -0.1) is 0 Å². The predicted octanol–water partition coefficient (Wildman–Crippen LogP) is 1.73. The van der Waals surface area contributed by atoms with Crippen molar-refractivity contribution in [2.75, 3.05) is 31.1 Å². The zero-order valence-corrected chi connectivity index (χ0v) is 12.4. The molecule has 0 spiro atoms. The van der Waals surface area contributed by atoms with Gasteiger partial charge in [0.15, 0.2) is 0 Å². The smallest absolute Gasteiger partial charge is 0.327 e. The molecule has 1 atom stereocenters. The molecule has 19 heavy (non-hydrogen) atoms. The van der Waals surface area contributed by atoms with Gasteiger partial charge in [-0.1, -0.05) is 13.8 Å². The fourth-order valence-corrected chi connectivity index (χ4v) is 3.56. The summed E-state index contributed by atoms with van der Waals surface area (Å²) < 4.78 is 0. The molecule has 2 fully saturated rings. The SMILES string of the molecule is CC1(C)CCN(C(=O)N2CCSCC2C(=O)O)CC1. The van der Waals surface area contributed by atoms with Crippen LogP contribution in [0.1, 0.15) is 26.7 Å². The molecular formula is C13H22N2O3S. The molecule has 2 saturated heterocycles. The summed E-state index contributed by atoms with van der Waals surface area (Å²) in [6.07, 6.45) is 1.97. The first kappa shape index (κ1) is 14.5. The molecule has 0 bridgehead atoms. The van der Waals surface area contributed by atoms with Gasteiger partial charge < -0.3 is 14.9 Å². The lowest BCUT2D eigenvalue weighted by atomic mass is 9.83. The number of aliphatic carboxylic acids is 1. The van der Waals surface area contributed by atoms with Gasteiger partial charge in [0.25, 0.3) is 0 Å². The van der Waals surface area contributed by atoms with Crippen molar-refractivity contribution < 1.29 is 14.7 Å². The predicted molar refractivity (Wildman–Crippen MR) is 75.4 cm³/mol. The molecule has 2 aliphatic rings. The second-order valence-corrected chi connectivity index (χ2v) is 7.21. The van der Waals surface area contributed by atoms with E-state index in [1.54, 1.807) is 11.8 Å². The maximum atomic E-state index is 12.5. The van der Waals surface area contributed by atoms with Crippen molar-refractivity contribution in [2.45, 2.75) is 32.7 Å². The van der Waals surface area contributed by atoms with Crippen molar-refractivity contribution in [3.8, 4) is 0 Å². The van der Waals surface area contributed by atoms with Crippen LogP contribution in [0, 0.1) is 5.41 Å². The minimum absolute atomic E-state index is 0.0943. The first-order chi connectivity index (χ1) is 8.91. The van der Waals surface area contributed by atoms with E-state index in [4.69, 9.17) is 0 Å². The van der Waals surface area contributed by atoms with Crippen molar-refractivity contribution in [1.82, 2.24) is 9.80 Å². The largest absolute Gasteiger partial charge is 0.480 e. The normalized spacial score (nSPS) is 27.2. The third-order valence-corrected chi connectivity index (χ3v) is 5.07. The van der Waals surface area contributed by atoms with Gasteiger partial charge >= 0.3 is 12.0 Å². The molecule has 6 heteroatoms. The Morgan fingerprint density at radius 1 is 1.21 bits per heavy atom. The lowest BCUT2D eigenvalue weighted by Crippen LogP contribution is -2.56. The number of amides is 2. The second-order valence-electron chi connectivity index (χ2n) is 6.06. The number of hydrogen-bond donors (Lipinski definition) is 1. The van der Waals surface area contributed by atoms with Crippen LogP contribution in [-0.2, 0) is 4.79 Å². The summed E-state index contributed by atoms with van der Waals surface area (Å²) >= 11 is 1.61. The Morgan fingerprint density at radius 3 is 2.42 bits per heavy atom. The van der Waals surface area contributed by atoms with E-state index in [1.165, 1.54) is 4.90 Å². The fraction of sp³-hybridized carbons (Fsp3) is 0.846. The van der Waals surface area contributed by atoms with Crippen LogP contribution in [0.25, 0.3) is 0 Å². The van der Waals surface area contributed by atoms with E-state index in [9.17, 15) is 14.7 Å². The van der Waals surface area contributed by atoms with Gasteiger partial charge in [0, 0.05) is 31.1 Å². The number of hydrogen-bond acceptors (Lipinski definition) is 3. The van der Waals surface area contributed by atoms with E-state index in [0.717, 1.165) is 31.7 Å². The third kappa shape index (κ3) is 3.35. The van der Waals surface area contributed by atoms with Gasteiger partial charge in [-0.2, -0.15) is 11.8 Å². The molecule has 0 aromatic heterocycles. The fourth-order valence-electron chi connectivity index (χ4n) is 2.52. The number of carboxylic acid groups (broad SMARTS) is 1. The van der Waals surface area contributed by atoms with Gasteiger partial charge in [-0.3, -0.25) is 0 Å². The highest BCUT2D eigenvalue weighted by Crippen LogP contribution is 2.30. The number of carbonyl (C=O) groups is 2. The van der Waals surface area contributed by atoms with Crippen LogP contribution in [0.15, 0.2) is 0 Å². The van der Waals surface area contributed by atoms with E-state index in [0.29, 0.717) is 17.7 Å². The Kier molecular flexibility index (Phi) is 4.28. The van der Waals surface area contributed by atoms with Crippen LogP contribution >= 0.6 is 11.8 Å². The van der Waals surface area contributed by atoms with Crippen LogP contribution in [0.4, 0.5) is 4.79 Å². The number of piperidine rings is 1. The minimum atomic E-state index is -0.891. The van der Waals surface area contributed by atoms with E-state index in [-0.39, 0.29) is 6.03 Å². The van der Waals surface area contributed by atoms with Crippen molar-refractivity contribution in [2.24, 2.45) is 5.41 Å². The third-order valence-electron chi connectivity index (χ3n) is 4.05. The summed E-state index contributed by atoms with van der Waals surface area (Å²) in [4.78, 5) is 27.0. The zero-order valence-electron chi connectivity index (χ0n) is 11.6. The minimum Gasteiger partial charge on any atom is -0.480 e. The summed E-state index contributed by atoms with van der Waals surface area (Å²) in [6.45, 7) is 6.45. The number of thioether (sulfide) groups is 1. The number of nitrogens with zero attached hydrogens (tertiary/aromatic N) is 2. The summed E-state index contributed by atoms with van der Waals surface area (Å²) in [5.74, 6) is 0.438. The van der Waals surface area contributed by atoms with Crippen LogP contribution in [0.2, 0.25) is 0 Å². The Morgan fingerprint density at radius 2 is 1.84 bits per heavy atom. The summed E-state index contributed by atoms with van der Waals surface area (Å²) in [5.41, 5.74) is 0.292. The molecule has 2 amide bonds. The maximum Gasteiger partial charge on any atom is 0.327 e. The number of rotatable bonds is 1. The van der Waals surface area contributed by atoms with Crippen LogP contribution in [0.3, 0.4) is 0 Å². The molecule has 0 aliphatic carbocycles. The van der Waals surface area contributed by atoms with E-state index in [2.05, 4.69) is 13.8 Å². The van der Waals surface area contributed by atoms with Crippen molar-refractivity contribution >= 4 is 23.8 Å². The Hall–Kier alpha value is -0.910. The van der Waals surface area contributed by atoms with Gasteiger partial charge in [-0.25, -0.2) is 9.59 Å². The highest BCUT2D eigenvalue weighted by atomic mass is 32.2. The monoisotopic (exact) mass is 286 g/mol. The first-order valence-corrected chi connectivity index (χ1v) is 7.92. The quantitative estimate of drug-likeness (QED) is 0.797. The molecule has 5 nitrogen and oxygen atoms in total. The topological polar surface area (TPSA) is 60.9 Å². The average molecular weight is 286 g/mol. The first-order valence-electron chi connectivity index (χ1n) is 6.77. The van der Waals surface area contributed by atoms with Crippen molar-refractivity contribution in [3.05, 3.63) is 0 Å². The highest BCUT2D eigenvalue weighted by molar-refractivity contribution is 7.99. The molecule has 2 heterocycles. The molecule has 0 aromatic carbocycles. The second kappa shape index (κ2) is 5.61. The summed E-state index contributed by atoms with van der Waals surface area (Å²) in [6, 6.07) is -0.760. The van der Waals surface area contributed by atoms with Crippen molar-refractivity contribution in [3.63, 3.8) is 0 Å². The van der Waals surface area contributed by atoms with Crippen LogP contribution in [0.5, 0.6) is 0 Å². The molecule has 1 N–H and O–H groups in total. The number of urea groups is 1. The number of likely N-dealkylation sites (tertiary alicyclic amines) is 1. The molecule has 2 aliphatic heterocycles. The Bertz CT molecular complexity index is 363. The van der Waals surface area contributed by atoms with E-state index >= 15 is 0 Å². The number of carbonyl (C=O) groups excluding carboxylic acids is 1. The Balaban J connectivity index is 2.00. The lowest BCUT2D eigenvalue weighted by molar-refractivity contribution is -0.141. The van der Waals surface area contributed by atoms with Gasteiger partial charge in [0.05, 0.1) is 0 Å². The summed E-state index contributed by atoms with van der Waals surface area (Å²) in [5, 5.41) is 9.21. The van der Waals surface area contributed by atoms with Gasteiger partial charge in [0.1, 0.15) is 6.04 Å². The molecular weight excluding hydrogens is 264 g/mol. The van der Waals surface area contributed by atoms with E-state index < -0.39 is 12.0 Å². The van der Waals surface area contributed by atoms with Crippen molar-refractivity contribution in [1.29, 1.82) is 0 Å². The molecule has 1 unspecified atom stereocenters. The maximum absolute atomic E-state index is 12.5. The van der Waals surface area contributed by atoms with Gasteiger partial charge in [-0.05, 0) is 18.3 Å². The highest BCUT2D eigenvalue weighted by Gasteiger charge is 2.36. The molecule has 0 saturated carbocycles.